The summed E-state index contributed by atoms with van der Waals surface area (Å²) >= 11 is 0. The van der Waals surface area contributed by atoms with Gasteiger partial charge in [-0.25, -0.2) is 4.79 Å². The molecule has 3 rings (SSSR count). The molecule has 0 aromatic rings. The highest BCUT2D eigenvalue weighted by Crippen LogP contribution is 2.39. The predicted molar refractivity (Wildman–Crippen MR) is 74.0 cm³/mol. The second-order valence-corrected chi connectivity index (χ2v) is 6.71. The quantitative estimate of drug-likeness (QED) is 0.719. The molecule has 5 atom stereocenters. The number of carbonyl (C=O) groups is 1. The molecule has 0 aromatic carbocycles. The monoisotopic (exact) mass is 316 g/mol. The molecule has 0 bridgehead atoms. The van der Waals surface area contributed by atoms with Crippen LogP contribution in [0.4, 0.5) is 0 Å². The summed E-state index contributed by atoms with van der Waals surface area (Å²) in [5.41, 5.74) is 0. The molecule has 1 unspecified atom stereocenters. The van der Waals surface area contributed by atoms with Crippen molar-refractivity contribution in [2.24, 2.45) is 0 Å². The van der Waals surface area contributed by atoms with E-state index < -0.39 is 42.0 Å². The molecule has 3 fully saturated rings. The van der Waals surface area contributed by atoms with Gasteiger partial charge in [0, 0.05) is 6.61 Å². The summed E-state index contributed by atoms with van der Waals surface area (Å²) in [5.74, 6) is -1.94. The maximum Gasteiger partial charge on any atom is 0.338 e. The first-order chi connectivity index (χ1) is 10.2. The number of esters is 1. The molecule has 126 valence electrons. The zero-order valence-electron chi connectivity index (χ0n) is 13.7. The average molecular weight is 316 g/mol. The summed E-state index contributed by atoms with van der Waals surface area (Å²) in [6.07, 6.45) is -2.56. The topological polar surface area (TPSA) is 72.5 Å². The molecular weight excluding hydrogens is 292 g/mol. The first kappa shape index (κ1) is 16.1. The second-order valence-electron chi connectivity index (χ2n) is 6.71. The number of ether oxygens (including phenoxy) is 6. The average Bonchev–Trinajstić information content (AvgIpc) is 2.90. The highest BCUT2D eigenvalue weighted by atomic mass is 16.8. The number of fused-ring (bicyclic) bond motifs is 1. The van der Waals surface area contributed by atoms with Crippen LogP contribution in [0.25, 0.3) is 0 Å². The van der Waals surface area contributed by atoms with E-state index in [1.165, 1.54) is 0 Å². The lowest BCUT2D eigenvalue weighted by Crippen LogP contribution is -2.59. The molecule has 0 aliphatic carbocycles. The Labute approximate surface area is 130 Å². The van der Waals surface area contributed by atoms with E-state index in [4.69, 9.17) is 28.4 Å². The molecule has 0 aromatic heterocycles. The first-order valence-corrected chi connectivity index (χ1v) is 7.72. The van der Waals surface area contributed by atoms with Gasteiger partial charge in [-0.15, -0.1) is 0 Å². The Hall–Kier alpha value is -0.730. The van der Waals surface area contributed by atoms with Crippen molar-refractivity contribution in [3.05, 3.63) is 0 Å². The van der Waals surface area contributed by atoms with E-state index in [1.807, 2.05) is 34.6 Å². The number of carbonyl (C=O) groups excluding carboxylic acids is 1. The van der Waals surface area contributed by atoms with Gasteiger partial charge >= 0.3 is 5.97 Å². The minimum atomic E-state index is -0.856. The normalized spacial score (nSPS) is 43.0. The summed E-state index contributed by atoms with van der Waals surface area (Å²) in [6, 6.07) is 0. The molecular formula is C15H24O7. The lowest BCUT2D eigenvalue weighted by Gasteiger charge is -2.44. The lowest BCUT2D eigenvalue weighted by atomic mass is 9.99. The van der Waals surface area contributed by atoms with Crippen LogP contribution in [0.5, 0.6) is 0 Å². The summed E-state index contributed by atoms with van der Waals surface area (Å²) < 4.78 is 34.3. The summed E-state index contributed by atoms with van der Waals surface area (Å²) in [6.45, 7) is 9.93. The maximum absolute atomic E-state index is 12.1. The minimum Gasteiger partial charge on any atom is -0.455 e. The molecule has 0 spiro atoms. The van der Waals surface area contributed by atoms with Crippen molar-refractivity contribution in [1.82, 2.24) is 0 Å². The fourth-order valence-electron chi connectivity index (χ4n) is 3.21. The molecule has 0 saturated carbocycles. The molecule has 3 saturated heterocycles. The van der Waals surface area contributed by atoms with E-state index in [0.29, 0.717) is 13.2 Å². The second kappa shape index (κ2) is 5.42. The fourth-order valence-corrected chi connectivity index (χ4v) is 3.21. The van der Waals surface area contributed by atoms with Crippen molar-refractivity contribution in [3.8, 4) is 0 Å². The molecule has 22 heavy (non-hydrogen) atoms. The number of rotatable bonds is 3. The Balaban J connectivity index is 1.83. The minimum absolute atomic E-state index is 0.321. The fraction of sp³-hybridized carbons (Fsp3) is 0.933. The standard InChI is InChI=1S/C15H24O7/c1-6-17-12-11-10(19-13(12)16)9(21-15(4,5)22-11)8-7-18-14(2,3)20-8/h8-12H,6-7H2,1-5H3/t8?,9-,10+,11-,12-/m1/s1. The van der Waals surface area contributed by atoms with E-state index in [0.717, 1.165) is 0 Å². The smallest absolute Gasteiger partial charge is 0.338 e. The summed E-state index contributed by atoms with van der Waals surface area (Å²) in [5, 5.41) is 0. The van der Waals surface area contributed by atoms with Crippen LogP contribution in [-0.4, -0.2) is 61.3 Å². The number of hydrogen-bond donors (Lipinski definition) is 0. The third kappa shape index (κ3) is 2.88. The van der Waals surface area contributed by atoms with E-state index >= 15 is 0 Å². The zero-order valence-corrected chi connectivity index (χ0v) is 13.7. The first-order valence-electron chi connectivity index (χ1n) is 7.72. The summed E-state index contributed by atoms with van der Waals surface area (Å²) in [7, 11) is 0. The molecule has 0 N–H and O–H groups in total. The summed E-state index contributed by atoms with van der Waals surface area (Å²) in [4.78, 5) is 12.1. The van der Waals surface area contributed by atoms with Crippen molar-refractivity contribution in [1.29, 1.82) is 0 Å². The van der Waals surface area contributed by atoms with Crippen LogP contribution < -0.4 is 0 Å². The molecule has 3 aliphatic rings. The van der Waals surface area contributed by atoms with Crippen molar-refractivity contribution in [2.75, 3.05) is 13.2 Å². The Kier molecular flexibility index (Phi) is 3.98. The maximum atomic E-state index is 12.1. The molecule has 3 aliphatic heterocycles. The van der Waals surface area contributed by atoms with Crippen molar-refractivity contribution >= 4 is 5.97 Å². The van der Waals surface area contributed by atoms with Crippen LogP contribution in [0.15, 0.2) is 0 Å². The highest BCUT2D eigenvalue weighted by Gasteiger charge is 2.59. The van der Waals surface area contributed by atoms with Gasteiger partial charge in [-0.05, 0) is 34.6 Å². The Morgan fingerprint density at radius 2 is 1.73 bits per heavy atom. The van der Waals surface area contributed by atoms with Crippen LogP contribution in [0, 0.1) is 0 Å². The highest BCUT2D eigenvalue weighted by molar-refractivity contribution is 5.78. The molecule has 0 amide bonds. The number of hydrogen-bond acceptors (Lipinski definition) is 7. The van der Waals surface area contributed by atoms with E-state index in [2.05, 4.69) is 0 Å². The largest absolute Gasteiger partial charge is 0.455 e. The van der Waals surface area contributed by atoms with Gasteiger partial charge in [0.2, 0.25) is 0 Å². The van der Waals surface area contributed by atoms with E-state index in [-0.39, 0.29) is 6.10 Å². The molecule has 0 radical (unpaired) electrons. The molecule has 7 heteroatoms. The third-order valence-electron chi connectivity index (χ3n) is 4.01. The van der Waals surface area contributed by atoms with Crippen molar-refractivity contribution in [3.63, 3.8) is 0 Å². The Morgan fingerprint density at radius 3 is 2.32 bits per heavy atom. The lowest BCUT2D eigenvalue weighted by molar-refractivity contribution is -0.343. The van der Waals surface area contributed by atoms with Crippen LogP contribution >= 0.6 is 0 Å². The zero-order chi connectivity index (χ0) is 16.1. The molecule has 3 heterocycles. The Morgan fingerprint density at radius 1 is 1.05 bits per heavy atom. The van der Waals surface area contributed by atoms with Crippen LogP contribution in [0.3, 0.4) is 0 Å². The van der Waals surface area contributed by atoms with Crippen molar-refractivity contribution < 1.29 is 33.2 Å². The van der Waals surface area contributed by atoms with Gasteiger partial charge in [-0.2, -0.15) is 0 Å². The predicted octanol–water partition coefficient (Wildman–Crippen LogP) is 0.988. The molecule has 7 nitrogen and oxygen atoms in total. The van der Waals surface area contributed by atoms with Gasteiger partial charge in [0.05, 0.1) is 6.61 Å². The van der Waals surface area contributed by atoms with Gasteiger partial charge in [0.1, 0.15) is 18.3 Å². The van der Waals surface area contributed by atoms with Gasteiger partial charge in [-0.3, -0.25) is 0 Å². The van der Waals surface area contributed by atoms with E-state index in [1.54, 1.807) is 0 Å². The van der Waals surface area contributed by atoms with Crippen LogP contribution in [0.1, 0.15) is 34.6 Å². The van der Waals surface area contributed by atoms with Gasteiger partial charge in [-0.1, -0.05) is 0 Å². The van der Waals surface area contributed by atoms with Crippen LogP contribution in [0.2, 0.25) is 0 Å². The van der Waals surface area contributed by atoms with Gasteiger partial charge < -0.3 is 28.4 Å². The van der Waals surface area contributed by atoms with Gasteiger partial charge in [0.15, 0.2) is 23.8 Å². The van der Waals surface area contributed by atoms with E-state index in [9.17, 15) is 4.79 Å². The Bertz CT molecular complexity index is 447. The SMILES string of the molecule is CCO[C@H]1C(=O)O[C@@H]2[C@H]1OC(C)(C)O[C@@H]2C1COC(C)(C)O1. The third-order valence-corrected chi connectivity index (χ3v) is 4.01. The van der Waals surface area contributed by atoms with Gasteiger partial charge in [0.25, 0.3) is 0 Å². The van der Waals surface area contributed by atoms with Crippen molar-refractivity contribution in [2.45, 2.75) is 76.7 Å². The van der Waals surface area contributed by atoms with Crippen LogP contribution in [-0.2, 0) is 33.2 Å².